The molecule has 0 saturated heterocycles. The monoisotopic (exact) mass is 225 g/mol. The number of hydrogen-bond acceptors (Lipinski definition) is 2. The highest BCUT2D eigenvalue weighted by atomic mass is 19.1. The van der Waals surface area contributed by atoms with Crippen LogP contribution in [0.1, 0.15) is 0 Å². The van der Waals surface area contributed by atoms with Crippen molar-refractivity contribution >= 4 is 24.7 Å². The Balaban J connectivity index is 2.13. The van der Waals surface area contributed by atoms with E-state index in [1.807, 2.05) is 26.0 Å². The number of halogens is 1. The van der Waals surface area contributed by atoms with Crippen LogP contribution < -0.4 is 5.79 Å². The number of fused-ring (bicyclic) bond motifs is 1. The molecule has 2 aromatic carbocycles. The number of rotatable bonds is 1. The molecule has 3 aromatic rings. The molecule has 0 aliphatic heterocycles. The van der Waals surface area contributed by atoms with Gasteiger partial charge in [0.05, 0.1) is 0 Å². The second kappa shape index (κ2) is 3.73. The number of aromatic nitrogens is 1. The summed E-state index contributed by atoms with van der Waals surface area (Å²) in [5.41, 5.74) is 3.57. The van der Waals surface area contributed by atoms with Crippen molar-refractivity contribution in [2.24, 2.45) is 0 Å². The highest BCUT2D eigenvalue weighted by Gasteiger charge is 2.04. The molecule has 82 valence electrons. The van der Waals surface area contributed by atoms with Gasteiger partial charge in [0.25, 0.3) is 0 Å². The fourth-order valence-electron chi connectivity index (χ4n) is 1.86. The molecule has 3 rings (SSSR count). The van der Waals surface area contributed by atoms with E-state index in [4.69, 9.17) is 4.42 Å². The van der Waals surface area contributed by atoms with Crippen LogP contribution in [0, 0.1) is 5.82 Å². The smallest absolute Gasteiger partial charge is 0.212 e. The molecule has 0 N–H and O–H groups in total. The van der Waals surface area contributed by atoms with Crippen molar-refractivity contribution in [1.82, 2.24) is 4.98 Å². The van der Waals surface area contributed by atoms with Crippen LogP contribution in [0.4, 0.5) is 4.39 Å². The van der Waals surface area contributed by atoms with Gasteiger partial charge >= 0.3 is 0 Å². The number of benzene rings is 2. The Hall–Kier alpha value is -2.10. The second-order valence-corrected chi connectivity index (χ2v) is 3.92. The molecule has 0 unspecified atom stereocenters. The Morgan fingerprint density at radius 2 is 1.71 bits per heavy atom. The van der Waals surface area contributed by atoms with Crippen LogP contribution in [-0.4, -0.2) is 12.8 Å². The molecule has 0 atom stereocenters. The number of hydrogen-bond donors (Lipinski definition) is 0. The largest absolute Gasteiger partial charge is 0.452 e. The topological polar surface area (TPSA) is 26.0 Å². The van der Waals surface area contributed by atoms with Gasteiger partial charge in [-0.3, -0.25) is 0 Å². The first kappa shape index (κ1) is 10.1. The fraction of sp³-hybridized carbons (Fsp3) is 0. The third kappa shape index (κ3) is 1.82. The summed E-state index contributed by atoms with van der Waals surface area (Å²) in [5, 5.41) is 0. The second-order valence-electron chi connectivity index (χ2n) is 3.92. The summed E-state index contributed by atoms with van der Waals surface area (Å²) >= 11 is 0. The van der Waals surface area contributed by atoms with Gasteiger partial charge in [0.1, 0.15) is 17.1 Å². The van der Waals surface area contributed by atoms with Gasteiger partial charge < -0.3 is 4.42 Å². The molecule has 0 spiro atoms. The van der Waals surface area contributed by atoms with Gasteiger partial charge in [-0.15, -0.1) is 0 Å². The summed E-state index contributed by atoms with van der Waals surface area (Å²) in [7, 11) is 1.82. The van der Waals surface area contributed by atoms with Crippen molar-refractivity contribution in [3.05, 3.63) is 48.3 Å². The lowest BCUT2D eigenvalue weighted by atomic mass is 10.1. The lowest BCUT2D eigenvalue weighted by Crippen LogP contribution is -1.99. The third-order valence-electron chi connectivity index (χ3n) is 2.67. The van der Waals surface area contributed by atoms with Crippen LogP contribution in [0.5, 0.6) is 0 Å². The molecule has 0 radical (unpaired) electrons. The van der Waals surface area contributed by atoms with Gasteiger partial charge in [-0.2, -0.15) is 0 Å². The molecule has 0 amide bonds. The molecule has 2 nitrogen and oxygen atoms in total. The van der Waals surface area contributed by atoms with E-state index in [2.05, 4.69) is 4.98 Å². The van der Waals surface area contributed by atoms with E-state index in [1.54, 1.807) is 12.1 Å². The SMILES string of the molecule is Bc1nc2cc(-c3ccc(F)cc3)ccc2o1. The number of nitrogens with zero attached hydrogens (tertiary/aromatic N) is 1. The zero-order chi connectivity index (χ0) is 11.8. The van der Waals surface area contributed by atoms with E-state index in [1.165, 1.54) is 12.1 Å². The van der Waals surface area contributed by atoms with E-state index in [0.717, 1.165) is 22.2 Å². The Bertz CT molecular complexity index is 675. The van der Waals surface area contributed by atoms with Crippen LogP contribution in [0.2, 0.25) is 0 Å². The maximum absolute atomic E-state index is 12.8. The van der Waals surface area contributed by atoms with Crippen molar-refractivity contribution < 1.29 is 8.81 Å². The van der Waals surface area contributed by atoms with Crippen molar-refractivity contribution in [1.29, 1.82) is 0 Å². The fourth-order valence-corrected chi connectivity index (χ4v) is 1.86. The van der Waals surface area contributed by atoms with Crippen molar-refractivity contribution in [2.45, 2.75) is 0 Å². The van der Waals surface area contributed by atoms with E-state index < -0.39 is 0 Å². The van der Waals surface area contributed by atoms with Crippen LogP contribution in [-0.2, 0) is 0 Å². The zero-order valence-electron chi connectivity index (χ0n) is 9.27. The van der Waals surface area contributed by atoms with Crippen molar-refractivity contribution in [3.63, 3.8) is 0 Å². The molecule has 0 saturated carbocycles. The minimum Gasteiger partial charge on any atom is -0.452 e. The average Bonchev–Trinajstić information content (AvgIpc) is 2.69. The minimum atomic E-state index is -0.230. The maximum Gasteiger partial charge on any atom is 0.212 e. The zero-order valence-corrected chi connectivity index (χ0v) is 9.27. The lowest BCUT2D eigenvalue weighted by Gasteiger charge is -2.00. The van der Waals surface area contributed by atoms with E-state index >= 15 is 0 Å². The predicted molar refractivity (Wildman–Crippen MR) is 67.6 cm³/mol. The standard InChI is InChI=1S/C13H9BFNO/c14-13-16-11-7-9(3-6-12(11)17-13)8-1-4-10(15)5-2-8/h1-7H,14H2. The average molecular weight is 225 g/mol. The van der Waals surface area contributed by atoms with E-state index in [9.17, 15) is 4.39 Å². The first-order valence-electron chi connectivity index (χ1n) is 5.35. The van der Waals surface area contributed by atoms with Gasteiger partial charge in [0, 0.05) is 0 Å². The first-order chi connectivity index (χ1) is 8.22. The summed E-state index contributed by atoms with van der Waals surface area (Å²) in [6.07, 6.45) is 0. The number of oxazole rings is 1. The van der Waals surface area contributed by atoms with Gasteiger partial charge in [-0.05, 0) is 35.4 Å². The van der Waals surface area contributed by atoms with Gasteiger partial charge in [0.15, 0.2) is 5.58 Å². The van der Waals surface area contributed by atoms with E-state index in [0.29, 0.717) is 5.79 Å². The van der Waals surface area contributed by atoms with Crippen LogP contribution >= 0.6 is 0 Å². The molecule has 0 bridgehead atoms. The Kier molecular flexibility index (Phi) is 2.21. The van der Waals surface area contributed by atoms with E-state index in [-0.39, 0.29) is 5.82 Å². The molecule has 1 aromatic heterocycles. The molecule has 4 heteroatoms. The first-order valence-corrected chi connectivity index (χ1v) is 5.35. The molecule has 1 heterocycles. The Morgan fingerprint density at radius 1 is 1.00 bits per heavy atom. The molecule has 0 aliphatic carbocycles. The maximum atomic E-state index is 12.8. The summed E-state index contributed by atoms with van der Waals surface area (Å²) in [4.78, 5) is 4.28. The van der Waals surface area contributed by atoms with Gasteiger partial charge in [0.2, 0.25) is 7.85 Å². The Labute approximate surface area is 98.5 Å². The Morgan fingerprint density at radius 3 is 2.47 bits per heavy atom. The third-order valence-corrected chi connectivity index (χ3v) is 2.67. The molecule has 0 aliphatic rings. The minimum absolute atomic E-state index is 0.230. The normalized spacial score (nSPS) is 10.9. The summed E-state index contributed by atoms with van der Waals surface area (Å²) < 4.78 is 18.2. The highest BCUT2D eigenvalue weighted by molar-refractivity contribution is 6.28. The molecular formula is C13H9BFNO. The van der Waals surface area contributed by atoms with Crippen LogP contribution in [0.3, 0.4) is 0 Å². The molecular weight excluding hydrogens is 216 g/mol. The quantitative estimate of drug-likeness (QED) is 0.591. The van der Waals surface area contributed by atoms with Crippen LogP contribution in [0.15, 0.2) is 46.9 Å². The molecule has 0 fully saturated rings. The van der Waals surface area contributed by atoms with Gasteiger partial charge in [-0.1, -0.05) is 18.2 Å². The summed E-state index contributed by atoms with van der Waals surface area (Å²) in [6.45, 7) is 0. The summed E-state index contributed by atoms with van der Waals surface area (Å²) in [5.74, 6) is 0.420. The van der Waals surface area contributed by atoms with Crippen LogP contribution in [0.25, 0.3) is 22.2 Å². The predicted octanol–water partition coefficient (Wildman–Crippen LogP) is 1.89. The van der Waals surface area contributed by atoms with Crippen molar-refractivity contribution in [3.8, 4) is 11.1 Å². The van der Waals surface area contributed by atoms with Crippen molar-refractivity contribution in [2.75, 3.05) is 0 Å². The summed E-state index contributed by atoms with van der Waals surface area (Å²) in [6, 6.07) is 12.2. The lowest BCUT2D eigenvalue weighted by molar-refractivity contribution is 0.628. The van der Waals surface area contributed by atoms with Gasteiger partial charge in [-0.25, -0.2) is 9.37 Å². The highest BCUT2D eigenvalue weighted by Crippen LogP contribution is 2.23. The molecule has 17 heavy (non-hydrogen) atoms.